The number of amides is 2. The van der Waals surface area contributed by atoms with E-state index in [2.05, 4.69) is 10.4 Å². The van der Waals surface area contributed by atoms with Crippen molar-refractivity contribution >= 4 is 11.8 Å². The van der Waals surface area contributed by atoms with E-state index in [1.807, 2.05) is 19.9 Å². The number of hydrogen-bond donors (Lipinski definition) is 1. The van der Waals surface area contributed by atoms with Gasteiger partial charge in [0.2, 0.25) is 11.8 Å². The Kier molecular flexibility index (Phi) is 3.23. The minimum absolute atomic E-state index is 0.0290. The molecule has 2 aliphatic rings. The molecule has 2 heterocycles. The van der Waals surface area contributed by atoms with Gasteiger partial charge in [0.25, 0.3) is 0 Å². The van der Waals surface area contributed by atoms with E-state index in [0.717, 1.165) is 18.5 Å². The van der Waals surface area contributed by atoms with Crippen molar-refractivity contribution in [3.05, 3.63) is 18.0 Å². The molecule has 6 heteroatoms. The monoisotopic (exact) mass is 276 g/mol. The molecule has 0 bridgehead atoms. The van der Waals surface area contributed by atoms with Crippen LogP contribution >= 0.6 is 0 Å². The van der Waals surface area contributed by atoms with Gasteiger partial charge >= 0.3 is 0 Å². The summed E-state index contributed by atoms with van der Waals surface area (Å²) in [5.41, 5.74) is 0.918. The number of carbonyl (C=O) groups excluding carboxylic acids is 2. The molecule has 0 saturated heterocycles. The maximum atomic E-state index is 12.3. The molecule has 0 unspecified atom stereocenters. The van der Waals surface area contributed by atoms with Crippen molar-refractivity contribution in [3.8, 4) is 0 Å². The van der Waals surface area contributed by atoms with Crippen LogP contribution in [0.5, 0.6) is 0 Å². The third-order valence-corrected chi connectivity index (χ3v) is 3.83. The molecule has 1 aromatic heterocycles. The topological polar surface area (TPSA) is 67.2 Å². The minimum Gasteiger partial charge on any atom is -0.351 e. The molecule has 1 aromatic rings. The number of aromatic nitrogens is 2. The summed E-state index contributed by atoms with van der Waals surface area (Å²) in [4.78, 5) is 26.3. The Labute approximate surface area is 118 Å². The second kappa shape index (κ2) is 4.92. The highest BCUT2D eigenvalue weighted by Gasteiger charge is 2.35. The second-order valence-electron chi connectivity index (χ2n) is 5.94. The fourth-order valence-electron chi connectivity index (χ4n) is 2.55. The SMILES string of the molecule is CC(C)C(=O)N1Cc2ccnn2[C@H](C(=O)NC2CC2)C1. The number of hydrogen-bond acceptors (Lipinski definition) is 3. The highest BCUT2D eigenvalue weighted by Crippen LogP contribution is 2.24. The van der Waals surface area contributed by atoms with E-state index >= 15 is 0 Å². The standard InChI is InChI=1S/C14H20N4O2/c1-9(2)14(20)17-7-11-5-6-15-18(11)12(8-17)13(19)16-10-3-4-10/h5-6,9-10,12H,3-4,7-8H2,1-2H3,(H,16,19)/t12-/m0/s1. The summed E-state index contributed by atoms with van der Waals surface area (Å²) in [6.45, 7) is 4.70. The van der Waals surface area contributed by atoms with Crippen molar-refractivity contribution in [3.63, 3.8) is 0 Å². The van der Waals surface area contributed by atoms with Gasteiger partial charge in [-0.3, -0.25) is 14.3 Å². The molecule has 108 valence electrons. The molecule has 1 fully saturated rings. The first-order chi connectivity index (χ1) is 9.56. The van der Waals surface area contributed by atoms with E-state index in [4.69, 9.17) is 0 Å². The molecule has 1 N–H and O–H groups in total. The Morgan fingerprint density at radius 1 is 1.40 bits per heavy atom. The Hall–Kier alpha value is -1.85. The first-order valence-electron chi connectivity index (χ1n) is 7.18. The van der Waals surface area contributed by atoms with E-state index in [0.29, 0.717) is 19.1 Å². The predicted octanol–water partition coefficient (Wildman–Crippen LogP) is 0.701. The van der Waals surface area contributed by atoms with Gasteiger partial charge in [0.15, 0.2) is 0 Å². The van der Waals surface area contributed by atoms with Crippen LogP contribution in [0.1, 0.15) is 38.4 Å². The molecule has 1 atom stereocenters. The summed E-state index contributed by atoms with van der Waals surface area (Å²) in [7, 11) is 0. The van der Waals surface area contributed by atoms with Crippen molar-refractivity contribution in [1.82, 2.24) is 20.0 Å². The third-order valence-electron chi connectivity index (χ3n) is 3.83. The zero-order chi connectivity index (χ0) is 14.3. The molecule has 0 aromatic carbocycles. The number of fused-ring (bicyclic) bond motifs is 1. The van der Waals surface area contributed by atoms with Crippen LogP contribution in [-0.2, 0) is 16.1 Å². The fourth-order valence-corrected chi connectivity index (χ4v) is 2.55. The normalized spacial score (nSPS) is 21.8. The van der Waals surface area contributed by atoms with Gasteiger partial charge in [-0.15, -0.1) is 0 Å². The van der Waals surface area contributed by atoms with Gasteiger partial charge in [0.1, 0.15) is 6.04 Å². The quantitative estimate of drug-likeness (QED) is 0.883. The van der Waals surface area contributed by atoms with E-state index in [9.17, 15) is 9.59 Å². The van der Waals surface area contributed by atoms with Gasteiger partial charge in [0, 0.05) is 18.2 Å². The maximum Gasteiger partial charge on any atom is 0.246 e. The van der Waals surface area contributed by atoms with Crippen molar-refractivity contribution < 1.29 is 9.59 Å². The van der Waals surface area contributed by atoms with E-state index < -0.39 is 6.04 Å². The number of nitrogens with one attached hydrogen (secondary N) is 1. The molecule has 1 saturated carbocycles. The second-order valence-corrected chi connectivity index (χ2v) is 5.94. The van der Waals surface area contributed by atoms with Gasteiger partial charge in [-0.25, -0.2) is 0 Å². The summed E-state index contributed by atoms with van der Waals surface area (Å²) in [5.74, 6) is -0.00278. The summed E-state index contributed by atoms with van der Waals surface area (Å²) >= 11 is 0. The maximum absolute atomic E-state index is 12.3. The average molecular weight is 276 g/mol. The highest BCUT2D eigenvalue weighted by atomic mass is 16.2. The van der Waals surface area contributed by atoms with Crippen molar-refractivity contribution in [2.24, 2.45) is 5.92 Å². The smallest absolute Gasteiger partial charge is 0.246 e. The van der Waals surface area contributed by atoms with Crippen LogP contribution in [0.3, 0.4) is 0 Å². The zero-order valence-corrected chi connectivity index (χ0v) is 11.9. The summed E-state index contributed by atoms with van der Waals surface area (Å²) in [6, 6.07) is 1.78. The molecular weight excluding hydrogens is 256 g/mol. The number of rotatable bonds is 3. The van der Waals surface area contributed by atoms with E-state index in [1.165, 1.54) is 0 Å². The number of carbonyl (C=O) groups is 2. The van der Waals surface area contributed by atoms with Gasteiger partial charge in [-0.1, -0.05) is 13.8 Å². The van der Waals surface area contributed by atoms with E-state index in [1.54, 1.807) is 15.8 Å². The van der Waals surface area contributed by atoms with Crippen LogP contribution < -0.4 is 5.32 Å². The molecule has 6 nitrogen and oxygen atoms in total. The molecule has 20 heavy (non-hydrogen) atoms. The van der Waals surface area contributed by atoms with Crippen LogP contribution in [0.4, 0.5) is 0 Å². The van der Waals surface area contributed by atoms with Crippen molar-refractivity contribution in [2.45, 2.75) is 45.3 Å². The van der Waals surface area contributed by atoms with Gasteiger partial charge in [-0.05, 0) is 18.9 Å². The van der Waals surface area contributed by atoms with E-state index in [-0.39, 0.29) is 17.7 Å². The van der Waals surface area contributed by atoms with Crippen LogP contribution in [0.2, 0.25) is 0 Å². The predicted molar refractivity (Wildman–Crippen MR) is 72.7 cm³/mol. The average Bonchev–Trinajstić information content (AvgIpc) is 3.10. The number of nitrogens with zero attached hydrogens (tertiary/aromatic N) is 3. The molecule has 0 radical (unpaired) electrons. The van der Waals surface area contributed by atoms with Gasteiger partial charge < -0.3 is 10.2 Å². The Bertz CT molecular complexity index is 533. The van der Waals surface area contributed by atoms with Crippen molar-refractivity contribution in [1.29, 1.82) is 0 Å². The lowest BCUT2D eigenvalue weighted by Crippen LogP contribution is -2.48. The Balaban J connectivity index is 1.81. The highest BCUT2D eigenvalue weighted by molar-refractivity contribution is 5.83. The first kappa shape index (κ1) is 13.1. The Morgan fingerprint density at radius 3 is 2.80 bits per heavy atom. The summed E-state index contributed by atoms with van der Waals surface area (Å²) < 4.78 is 1.75. The summed E-state index contributed by atoms with van der Waals surface area (Å²) in [6.07, 6.45) is 3.80. The van der Waals surface area contributed by atoms with Crippen LogP contribution in [0.15, 0.2) is 12.3 Å². The molecule has 3 rings (SSSR count). The lowest BCUT2D eigenvalue weighted by molar-refractivity contribution is -0.138. The largest absolute Gasteiger partial charge is 0.351 e. The van der Waals surface area contributed by atoms with Crippen LogP contribution in [0.25, 0.3) is 0 Å². The first-order valence-corrected chi connectivity index (χ1v) is 7.18. The molecular formula is C14H20N4O2. The zero-order valence-electron chi connectivity index (χ0n) is 11.9. The Morgan fingerprint density at radius 2 is 2.15 bits per heavy atom. The summed E-state index contributed by atoms with van der Waals surface area (Å²) in [5, 5.41) is 7.25. The molecule has 2 amide bonds. The lowest BCUT2D eigenvalue weighted by atomic mass is 10.1. The van der Waals surface area contributed by atoms with Crippen LogP contribution in [0, 0.1) is 5.92 Å². The third kappa shape index (κ3) is 2.42. The molecule has 0 spiro atoms. The minimum atomic E-state index is -0.406. The van der Waals surface area contributed by atoms with Crippen molar-refractivity contribution in [2.75, 3.05) is 6.54 Å². The van der Waals surface area contributed by atoms with Crippen LogP contribution in [-0.4, -0.2) is 39.1 Å². The molecule has 1 aliphatic carbocycles. The van der Waals surface area contributed by atoms with Gasteiger partial charge in [-0.2, -0.15) is 5.10 Å². The fraction of sp³-hybridized carbons (Fsp3) is 0.643. The molecule has 1 aliphatic heterocycles. The lowest BCUT2D eigenvalue weighted by Gasteiger charge is -2.34. The van der Waals surface area contributed by atoms with Gasteiger partial charge in [0.05, 0.1) is 18.8 Å².